The molecule has 31 heavy (non-hydrogen) atoms. The Hall–Kier alpha value is -4.33. The number of phenols is 1. The molecule has 0 atom stereocenters. The highest BCUT2D eigenvalue weighted by atomic mass is 16.5. The van der Waals surface area contributed by atoms with Crippen LogP contribution in [0.15, 0.2) is 60.2 Å². The molecule has 1 aliphatic heterocycles. The van der Waals surface area contributed by atoms with Crippen molar-refractivity contribution in [1.29, 1.82) is 0 Å². The Labute approximate surface area is 177 Å². The van der Waals surface area contributed by atoms with Gasteiger partial charge in [0.25, 0.3) is 11.8 Å². The van der Waals surface area contributed by atoms with Crippen LogP contribution < -0.4 is 19.7 Å². The van der Waals surface area contributed by atoms with Crippen molar-refractivity contribution in [3.8, 4) is 17.2 Å². The van der Waals surface area contributed by atoms with Crippen LogP contribution in [0.5, 0.6) is 17.2 Å². The number of carbonyl (C=O) groups excluding carboxylic acids is 3. The van der Waals surface area contributed by atoms with Crippen LogP contribution in [-0.2, 0) is 9.59 Å². The summed E-state index contributed by atoms with van der Waals surface area (Å²) >= 11 is 0. The quantitative estimate of drug-likeness (QED) is 0.498. The molecule has 0 spiro atoms. The number of anilines is 1. The zero-order valence-electron chi connectivity index (χ0n) is 16.7. The van der Waals surface area contributed by atoms with Gasteiger partial charge in [-0.05, 0) is 35.2 Å². The number of phenolic OH excluding ortho intramolecular Hbond substituents is 1. The second-order valence-electron chi connectivity index (χ2n) is 6.73. The first-order valence-electron chi connectivity index (χ1n) is 9.28. The van der Waals surface area contributed by atoms with Gasteiger partial charge in [-0.2, -0.15) is 0 Å². The third-order valence-corrected chi connectivity index (χ3v) is 4.92. The number of benzene rings is 3. The molecule has 1 saturated heterocycles. The fourth-order valence-corrected chi connectivity index (χ4v) is 3.44. The Morgan fingerprint density at radius 3 is 2.26 bits per heavy atom. The van der Waals surface area contributed by atoms with E-state index in [9.17, 15) is 19.5 Å². The minimum absolute atomic E-state index is 0.108. The van der Waals surface area contributed by atoms with Crippen LogP contribution in [0.4, 0.5) is 10.5 Å². The molecule has 4 amide bonds. The van der Waals surface area contributed by atoms with Crippen molar-refractivity contribution >= 4 is 40.4 Å². The lowest BCUT2D eigenvalue weighted by Gasteiger charge is -2.27. The number of barbiturate groups is 1. The SMILES string of the molecule is COc1cc(C=C2C(=O)NC(=O)N(c3cccc4ccccc34)C2=O)cc(OC)c1O. The Kier molecular flexibility index (Phi) is 5.04. The van der Waals surface area contributed by atoms with Crippen molar-refractivity contribution in [1.82, 2.24) is 5.32 Å². The topological polar surface area (TPSA) is 105 Å². The van der Waals surface area contributed by atoms with E-state index in [0.29, 0.717) is 16.6 Å². The average molecular weight is 418 g/mol. The number of amides is 4. The van der Waals surface area contributed by atoms with E-state index in [2.05, 4.69) is 5.32 Å². The molecule has 1 heterocycles. The van der Waals surface area contributed by atoms with E-state index >= 15 is 0 Å². The molecule has 3 aromatic carbocycles. The van der Waals surface area contributed by atoms with Crippen LogP contribution >= 0.6 is 0 Å². The van der Waals surface area contributed by atoms with Crippen LogP contribution in [0, 0.1) is 0 Å². The highest BCUT2D eigenvalue weighted by Gasteiger charge is 2.37. The first-order valence-corrected chi connectivity index (χ1v) is 9.28. The summed E-state index contributed by atoms with van der Waals surface area (Å²) in [6.45, 7) is 0. The summed E-state index contributed by atoms with van der Waals surface area (Å²) < 4.78 is 10.2. The fourth-order valence-electron chi connectivity index (χ4n) is 3.44. The summed E-state index contributed by atoms with van der Waals surface area (Å²) in [7, 11) is 2.73. The first kappa shape index (κ1) is 20.0. The molecule has 0 aliphatic carbocycles. The normalized spacial score (nSPS) is 15.4. The van der Waals surface area contributed by atoms with Gasteiger partial charge in [-0.25, -0.2) is 9.69 Å². The van der Waals surface area contributed by atoms with Gasteiger partial charge < -0.3 is 14.6 Å². The molecule has 0 saturated carbocycles. The van der Waals surface area contributed by atoms with E-state index in [1.807, 2.05) is 18.2 Å². The monoisotopic (exact) mass is 418 g/mol. The first-order chi connectivity index (χ1) is 14.9. The van der Waals surface area contributed by atoms with Gasteiger partial charge in [0.2, 0.25) is 5.75 Å². The molecule has 8 nitrogen and oxygen atoms in total. The lowest BCUT2D eigenvalue weighted by Crippen LogP contribution is -2.54. The van der Waals surface area contributed by atoms with Crippen LogP contribution in [0.3, 0.4) is 0 Å². The lowest BCUT2D eigenvalue weighted by atomic mass is 10.0. The number of hydrogen-bond acceptors (Lipinski definition) is 6. The smallest absolute Gasteiger partial charge is 0.335 e. The van der Waals surface area contributed by atoms with Crippen molar-refractivity contribution in [3.63, 3.8) is 0 Å². The van der Waals surface area contributed by atoms with E-state index in [-0.39, 0.29) is 22.8 Å². The van der Waals surface area contributed by atoms with E-state index in [1.165, 1.54) is 32.4 Å². The highest BCUT2D eigenvalue weighted by Crippen LogP contribution is 2.38. The number of carbonyl (C=O) groups is 3. The zero-order chi connectivity index (χ0) is 22.1. The number of aromatic hydroxyl groups is 1. The summed E-state index contributed by atoms with van der Waals surface area (Å²) in [5.74, 6) is -1.58. The van der Waals surface area contributed by atoms with Crippen molar-refractivity contribution in [2.24, 2.45) is 0 Å². The Morgan fingerprint density at radius 2 is 1.58 bits per heavy atom. The molecular weight excluding hydrogens is 400 g/mol. The summed E-state index contributed by atoms with van der Waals surface area (Å²) in [6, 6.07) is 14.6. The Morgan fingerprint density at radius 1 is 0.935 bits per heavy atom. The zero-order valence-corrected chi connectivity index (χ0v) is 16.7. The predicted octanol–water partition coefficient (Wildman–Crippen LogP) is 3.23. The van der Waals surface area contributed by atoms with Gasteiger partial charge in [0.05, 0.1) is 19.9 Å². The molecule has 2 N–H and O–H groups in total. The van der Waals surface area contributed by atoms with Crippen LogP contribution in [0.2, 0.25) is 0 Å². The maximum absolute atomic E-state index is 13.2. The molecule has 156 valence electrons. The van der Waals surface area contributed by atoms with E-state index < -0.39 is 17.8 Å². The van der Waals surface area contributed by atoms with Gasteiger partial charge in [0.15, 0.2) is 11.5 Å². The molecule has 1 fully saturated rings. The van der Waals surface area contributed by atoms with Gasteiger partial charge in [-0.3, -0.25) is 14.9 Å². The molecule has 0 aromatic heterocycles. The molecule has 0 radical (unpaired) electrons. The third kappa shape index (κ3) is 3.44. The number of nitrogens with one attached hydrogen (secondary N) is 1. The van der Waals surface area contributed by atoms with Crippen LogP contribution in [0.1, 0.15) is 5.56 Å². The Balaban J connectivity index is 1.82. The van der Waals surface area contributed by atoms with E-state index in [4.69, 9.17) is 9.47 Å². The van der Waals surface area contributed by atoms with Crippen molar-refractivity contribution in [3.05, 3.63) is 65.7 Å². The van der Waals surface area contributed by atoms with Gasteiger partial charge in [-0.1, -0.05) is 36.4 Å². The number of imide groups is 2. The fraction of sp³-hybridized carbons (Fsp3) is 0.0870. The second-order valence-corrected chi connectivity index (χ2v) is 6.73. The molecule has 0 bridgehead atoms. The predicted molar refractivity (Wildman–Crippen MR) is 114 cm³/mol. The van der Waals surface area contributed by atoms with Crippen LogP contribution in [-0.4, -0.2) is 37.2 Å². The molecule has 4 rings (SSSR count). The second kappa shape index (κ2) is 7.83. The summed E-state index contributed by atoms with van der Waals surface area (Å²) in [6.07, 6.45) is 1.31. The molecule has 3 aromatic rings. The van der Waals surface area contributed by atoms with Crippen LogP contribution in [0.25, 0.3) is 16.8 Å². The number of nitrogens with zero attached hydrogens (tertiary/aromatic N) is 1. The number of fused-ring (bicyclic) bond motifs is 1. The number of urea groups is 1. The van der Waals surface area contributed by atoms with Gasteiger partial charge in [0, 0.05) is 5.39 Å². The minimum atomic E-state index is -0.829. The average Bonchev–Trinajstić information content (AvgIpc) is 2.77. The summed E-state index contributed by atoms with van der Waals surface area (Å²) in [5.41, 5.74) is 0.486. The number of ether oxygens (including phenoxy) is 2. The largest absolute Gasteiger partial charge is 0.502 e. The van der Waals surface area contributed by atoms with Crippen molar-refractivity contribution in [2.45, 2.75) is 0 Å². The highest BCUT2D eigenvalue weighted by molar-refractivity contribution is 6.40. The van der Waals surface area contributed by atoms with E-state index in [1.54, 1.807) is 24.3 Å². The molecular formula is C23H18N2O6. The van der Waals surface area contributed by atoms with Crippen molar-refractivity contribution in [2.75, 3.05) is 19.1 Å². The summed E-state index contributed by atoms with van der Waals surface area (Å²) in [5, 5.41) is 13.8. The maximum atomic E-state index is 13.2. The summed E-state index contributed by atoms with van der Waals surface area (Å²) in [4.78, 5) is 39.2. The maximum Gasteiger partial charge on any atom is 0.335 e. The van der Waals surface area contributed by atoms with Gasteiger partial charge in [-0.15, -0.1) is 0 Å². The minimum Gasteiger partial charge on any atom is -0.502 e. The number of methoxy groups -OCH3 is 2. The van der Waals surface area contributed by atoms with Gasteiger partial charge in [0.1, 0.15) is 5.57 Å². The Bertz CT molecular complexity index is 1230. The van der Waals surface area contributed by atoms with Gasteiger partial charge >= 0.3 is 6.03 Å². The molecule has 1 aliphatic rings. The number of rotatable bonds is 4. The van der Waals surface area contributed by atoms with E-state index in [0.717, 1.165) is 10.3 Å². The van der Waals surface area contributed by atoms with Crippen molar-refractivity contribution < 1.29 is 29.0 Å². The lowest BCUT2D eigenvalue weighted by molar-refractivity contribution is -0.122. The number of hydrogen-bond donors (Lipinski definition) is 2. The molecule has 0 unspecified atom stereocenters. The molecule has 8 heteroatoms. The standard InChI is InChI=1S/C23H18N2O6/c1-30-18-11-13(12-19(31-2)20(18)26)10-16-21(27)24-23(29)25(22(16)28)17-9-5-7-14-6-3-4-8-15(14)17/h3-12,26H,1-2H3,(H,24,27,29). The third-order valence-electron chi connectivity index (χ3n) is 4.92.